The third-order valence-corrected chi connectivity index (χ3v) is 19.9. The van der Waals surface area contributed by atoms with Crippen molar-refractivity contribution >= 4 is 39.5 Å². The predicted molar refractivity (Wildman–Crippen MR) is 391 cm³/mol. The average molecular weight is 1410 g/mol. The standard InChI is InChI=1S/C77H150O17P2/c1-6-9-12-15-18-21-23-25-26-27-28-29-30-31-32-33-39-43-48-53-58-63-77(82)94-73(67-88-75(80)61-56-51-46-41-38-35-34-36-40-44-49-54-59-70(4)5)69-92-96(85,86)90-65-71(78)64-89-95(83,84)91-68-72(66-87-74(79)60-55-50-45-20-17-14-11-8-3)93-76(81)62-57-52-47-42-37-24-22-19-16-13-10-7-2/h70-73,78H,6-69H2,1-5H3,(H,83,84)(H,85,86)/t71-,72+,73+/m0/s1. The van der Waals surface area contributed by atoms with Gasteiger partial charge >= 0.3 is 39.5 Å². The molecule has 0 radical (unpaired) electrons. The van der Waals surface area contributed by atoms with E-state index in [9.17, 15) is 43.2 Å². The number of ether oxygens (including phenoxy) is 4. The number of carbonyl (C=O) groups excluding carboxylic acids is 4. The van der Waals surface area contributed by atoms with Crippen LogP contribution >= 0.6 is 15.6 Å². The Morgan fingerprint density at radius 2 is 0.479 bits per heavy atom. The maximum absolute atomic E-state index is 13.1. The van der Waals surface area contributed by atoms with E-state index >= 15 is 0 Å². The van der Waals surface area contributed by atoms with E-state index in [1.165, 1.54) is 225 Å². The summed E-state index contributed by atoms with van der Waals surface area (Å²) >= 11 is 0. The van der Waals surface area contributed by atoms with Crippen LogP contribution in [0.2, 0.25) is 0 Å². The lowest BCUT2D eigenvalue weighted by atomic mass is 10.0. The molecule has 96 heavy (non-hydrogen) atoms. The number of phosphoric ester groups is 2. The van der Waals surface area contributed by atoms with Gasteiger partial charge in [0.15, 0.2) is 12.2 Å². The molecule has 570 valence electrons. The molecule has 0 aromatic rings. The van der Waals surface area contributed by atoms with E-state index in [1.54, 1.807) is 0 Å². The Morgan fingerprint density at radius 1 is 0.281 bits per heavy atom. The Bertz CT molecular complexity index is 1840. The zero-order chi connectivity index (χ0) is 70.5. The first-order valence-corrected chi connectivity index (χ1v) is 43.1. The van der Waals surface area contributed by atoms with Gasteiger partial charge in [-0.3, -0.25) is 37.3 Å². The molecule has 0 bridgehead atoms. The molecule has 0 aromatic carbocycles. The fourth-order valence-corrected chi connectivity index (χ4v) is 13.5. The Kier molecular flexibility index (Phi) is 68.7. The summed E-state index contributed by atoms with van der Waals surface area (Å²) in [4.78, 5) is 72.7. The quantitative estimate of drug-likeness (QED) is 0.0222. The van der Waals surface area contributed by atoms with Crippen molar-refractivity contribution in [2.24, 2.45) is 5.92 Å². The first-order valence-electron chi connectivity index (χ1n) is 40.1. The van der Waals surface area contributed by atoms with Crippen molar-refractivity contribution in [2.45, 2.75) is 425 Å². The molecule has 17 nitrogen and oxygen atoms in total. The molecule has 0 aliphatic rings. The second kappa shape index (κ2) is 70.1. The SMILES string of the molecule is CCCCCCCCCCCCCCCCCCCCCCCC(=O)O[C@H](COC(=O)CCCCCCCCCCCCCCC(C)C)COP(=O)(O)OC[C@@H](O)COP(=O)(O)OC[C@@H](COC(=O)CCCCCCCCCC)OC(=O)CCCCCCCCCCCCCC. The first kappa shape index (κ1) is 94.1. The number of carbonyl (C=O) groups is 4. The van der Waals surface area contributed by atoms with Crippen LogP contribution in [0.15, 0.2) is 0 Å². The minimum atomic E-state index is -4.96. The summed E-state index contributed by atoms with van der Waals surface area (Å²) in [6.45, 7) is 7.28. The molecule has 0 spiro atoms. The number of aliphatic hydroxyl groups is 1. The molecule has 0 aliphatic heterocycles. The molecule has 19 heteroatoms. The Labute approximate surface area is 588 Å². The lowest BCUT2D eigenvalue weighted by molar-refractivity contribution is -0.161. The van der Waals surface area contributed by atoms with E-state index in [0.717, 1.165) is 102 Å². The minimum absolute atomic E-state index is 0.107. The molecule has 0 fully saturated rings. The lowest BCUT2D eigenvalue weighted by Gasteiger charge is -2.21. The van der Waals surface area contributed by atoms with Crippen LogP contribution in [-0.2, 0) is 65.4 Å². The normalized spacial score (nSPS) is 13.9. The Balaban J connectivity index is 5.18. The van der Waals surface area contributed by atoms with Crippen LogP contribution in [0.25, 0.3) is 0 Å². The predicted octanol–water partition coefficient (Wildman–Crippen LogP) is 22.9. The molecule has 0 heterocycles. The van der Waals surface area contributed by atoms with Crippen molar-refractivity contribution in [3.05, 3.63) is 0 Å². The molecule has 0 saturated carbocycles. The average Bonchev–Trinajstić information content (AvgIpc) is 1.54. The largest absolute Gasteiger partial charge is 0.472 e. The van der Waals surface area contributed by atoms with Gasteiger partial charge in [0, 0.05) is 25.7 Å². The fraction of sp³-hybridized carbons (Fsp3) is 0.948. The number of hydrogen-bond acceptors (Lipinski definition) is 15. The second-order valence-corrected chi connectivity index (χ2v) is 31.1. The number of aliphatic hydroxyl groups excluding tert-OH is 1. The number of unbranched alkanes of at least 4 members (excludes halogenated alkanes) is 49. The zero-order valence-electron chi connectivity index (χ0n) is 62.5. The van der Waals surface area contributed by atoms with E-state index < -0.39 is 97.5 Å². The number of esters is 4. The molecule has 0 aliphatic carbocycles. The Morgan fingerprint density at radius 3 is 0.708 bits per heavy atom. The number of rotatable bonds is 77. The highest BCUT2D eigenvalue weighted by Crippen LogP contribution is 2.45. The van der Waals surface area contributed by atoms with Crippen LogP contribution in [0.4, 0.5) is 0 Å². The summed E-state index contributed by atoms with van der Waals surface area (Å²) in [6, 6.07) is 0. The summed E-state index contributed by atoms with van der Waals surface area (Å²) in [5.74, 6) is -1.33. The van der Waals surface area contributed by atoms with Gasteiger partial charge in [-0.05, 0) is 31.6 Å². The summed E-state index contributed by atoms with van der Waals surface area (Å²) < 4.78 is 68.5. The molecule has 5 atom stereocenters. The van der Waals surface area contributed by atoms with Crippen molar-refractivity contribution in [2.75, 3.05) is 39.6 Å². The fourth-order valence-electron chi connectivity index (χ4n) is 11.9. The van der Waals surface area contributed by atoms with Gasteiger partial charge in [0.2, 0.25) is 0 Å². The molecule has 0 amide bonds. The molecule has 2 unspecified atom stereocenters. The number of hydrogen-bond donors (Lipinski definition) is 3. The van der Waals surface area contributed by atoms with E-state index in [4.69, 9.17) is 37.0 Å². The van der Waals surface area contributed by atoms with Crippen molar-refractivity contribution in [1.29, 1.82) is 0 Å². The highest BCUT2D eigenvalue weighted by Gasteiger charge is 2.30. The second-order valence-electron chi connectivity index (χ2n) is 28.2. The smallest absolute Gasteiger partial charge is 0.462 e. The summed E-state index contributed by atoms with van der Waals surface area (Å²) in [5, 5.41) is 10.6. The summed E-state index contributed by atoms with van der Waals surface area (Å²) in [6.07, 6.45) is 59.8. The van der Waals surface area contributed by atoms with Crippen LogP contribution in [0.5, 0.6) is 0 Å². The summed E-state index contributed by atoms with van der Waals surface area (Å²) in [5.41, 5.74) is 0. The monoisotopic (exact) mass is 1410 g/mol. The van der Waals surface area contributed by atoms with E-state index in [-0.39, 0.29) is 25.7 Å². The van der Waals surface area contributed by atoms with E-state index in [2.05, 4.69) is 34.6 Å². The van der Waals surface area contributed by atoms with Crippen LogP contribution < -0.4 is 0 Å². The highest BCUT2D eigenvalue weighted by atomic mass is 31.2. The van der Waals surface area contributed by atoms with Crippen molar-refractivity contribution in [3.8, 4) is 0 Å². The minimum Gasteiger partial charge on any atom is -0.462 e. The maximum Gasteiger partial charge on any atom is 0.472 e. The van der Waals surface area contributed by atoms with Gasteiger partial charge in [0.05, 0.1) is 26.4 Å². The van der Waals surface area contributed by atoms with Gasteiger partial charge in [-0.2, -0.15) is 0 Å². The highest BCUT2D eigenvalue weighted by molar-refractivity contribution is 7.47. The van der Waals surface area contributed by atoms with Gasteiger partial charge in [-0.25, -0.2) is 9.13 Å². The molecule has 0 saturated heterocycles. The zero-order valence-corrected chi connectivity index (χ0v) is 64.3. The van der Waals surface area contributed by atoms with Crippen LogP contribution in [0.3, 0.4) is 0 Å². The van der Waals surface area contributed by atoms with Gasteiger partial charge in [0.1, 0.15) is 19.3 Å². The molecule has 0 rings (SSSR count). The lowest BCUT2D eigenvalue weighted by Crippen LogP contribution is -2.30. The van der Waals surface area contributed by atoms with Crippen molar-refractivity contribution < 1.29 is 80.2 Å². The molecular formula is C77H150O17P2. The summed E-state index contributed by atoms with van der Waals surface area (Å²) in [7, 11) is -9.91. The van der Waals surface area contributed by atoms with Crippen molar-refractivity contribution in [3.63, 3.8) is 0 Å². The van der Waals surface area contributed by atoms with Gasteiger partial charge in [-0.15, -0.1) is 0 Å². The van der Waals surface area contributed by atoms with E-state index in [0.29, 0.717) is 25.7 Å². The van der Waals surface area contributed by atoms with Crippen LogP contribution in [0, 0.1) is 5.92 Å². The van der Waals surface area contributed by atoms with Gasteiger partial charge in [0.25, 0.3) is 0 Å². The third-order valence-electron chi connectivity index (χ3n) is 18.0. The van der Waals surface area contributed by atoms with E-state index in [1.807, 2.05) is 0 Å². The maximum atomic E-state index is 13.1. The van der Waals surface area contributed by atoms with Crippen molar-refractivity contribution in [1.82, 2.24) is 0 Å². The third kappa shape index (κ3) is 70.5. The molecule has 0 aromatic heterocycles. The van der Waals surface area contributed by atoms with Gasteiger partial charge in [-0.1, -0.05) is 356 Å². The number of phosphoric acid groups is 2. The topological polar surface area (TPSA) is 237 Å². The van der Waals surface area contributed by atoms with Crippen LogP contribution in [-0.4, -0.2) is 96.7 Å². The molecular weight excluding hydrogens is 1260 g/mol. The Hall–Kier alpha value is -1.94. The first-order chi connectivity index (χ1) is 46.5. The van der Waals surface area contributed by atoms with Crippen LogP contribution in [0.1, 0.15) is 407 Å². The molecule has 3 N–H and O–H groups in total. The van der Waals surface area contributed by atoms with Gasteiger partial charge < -0.3 is 33.8 Å².